The Balaban J connectivity index is 0.00000172. The van der Waals surface area contributed by atoms with Crippen molar-refractivity contribution in [3.05, 3.63) is 113 Å². The van der Waals surface area contributed by atoms with Crippen molar-refractivity contribution in [2.75, 3.05) is 18.4 Å². The van der Waals surface area contributed by atoms with E-state index in [0.717, 1.165) is 54.0 Å². The third-order valence-corrected chi connectivity index (χ3v) is 7.42. The van der Waals surface area contributed by atoms with E-state index < -0.39 is 0 Å². The molecule has 39 heavy (non-hydrogen) atoms. The molecule has 0 spiro atoms. The average Bonchev–Trinajstić information content (AvgIpc) is 3.41. The summed E-state index contributed by atoms with van der Waals surface area (Å²) < 4.78 is 1.82. The van der Waals surface area contributed by atoms with Gasteiger partial charge in [-0.2, -0.15) is 5.10 Å². The number of nitrogens with zero attached hydrogens (tertiary/aromatic N) is 3. The largest absolute Gasteiger partial charge is 0.355 e. The molecule has 202 valence electrons. The van der Waals surface area contributed by atoms with Crippen LogP contribution in [0.5, 0.6) is 0 Å². The van der Waals surface area contributed by atoms with Gasteiger partial charge in [-0.15, -0.1) is 0 Å². The molecule has 1 aliphatic rings. The number of amides is 1. The number of hydrogen-bond acceptors (Lipinski definition) is 3. The van der Waals surface area contributed by atoms with Crippen LogP contribution in [0, 0.1) is 6.92 Å². The SMILES string of the molecule is C=C(Nc1cc(C(=O)N2CCC(c3ccc(-c4cnn(C)c4)cc3)CC2)ccc1C)c1ccc(Cl)cc1.CC. The summed E-state index contributed by atoms with van der Waals surface area (Å²) in [4.78, 5) is 15.3. The minimum Gasteiger partial charge on any atom is -0.355 e. The van der Waals surface area contributed by atoms with E-state index in [1.54, 1.807) is 0 Å². The predicted octanol–water partition coefficient (Wildman–Crippen LogP) is 8.18. The smallest absolute Gasteiger partial charge is 0.253 e. The van der Waals surface area contributed by atoms with Crippen LogP contribution in [0.25, 0.3) is 16.8 Å². The van der Waals surface area contributed by atoms with Gasteiger partial charge < -0.3 is 10.2 Å². The van der Waals surface area contributed by atoms with Crippen molar-refractivity contribution >= 4 is 28.9 Å². The molecular weight excluding hydrogens is 504 g/mol. The fraction of sp³-hybridized carbons (Fsp3) is 0.273. The molecule has 1 N–H and O–H groups in total. The third-order valence-electron chi connectivity index (χ3n) is 7.17. The highest BCUT2D eigenvalue weighted by Gasteiger charge is 2.25. The van der Waals surface area contributed by atoms with Crippen LogP contribution in [-0.2, 0) is 7.05 Å². The van der Waals surface area contributed by atoms with E-state index in [0.29, 0.717) is 16.5 Å². The molecule has 0 aliphatic carbocycles. The van der Waals surface area contributed by atoms with E-state index in [4.69, 9.17) is 11.6 Å². The van der Waals surface area contributed by atoms with Crippen LogP contribution in [0.1, 0.15) is 59.7 Å². The number of benzene rings is 3. The first-order valence-corrected chi connectivity index (χ1v) is 14.0. The molecule has 1 amide bonds. The molecule has 0 bridgehead atoms. The van der Waals surface area contributed by atoms with Gasteiger partial charge in [0, 0.05) is 53.9 Å². The van der Waals surface area contributed by atoms with Crippen LogP contribution in [0.2, 0.25) is 5.02 Å². The van der Waals surface area contributed by atoms with Gasteiger partial charge in [0.2, 0.25) is 0 Å². The van der Waals surface area contributed by atoms with E-state index in [-0.39, 0.29) is 5.91 Å². The van der Waals surface area contributed by atoms with E-state index in [9.17, 15) is 4.79 Å². The number of carbonyl (C=O) groups is 1. The van der Waals surface area contributed by atoms with Crippen LogP contribution in [0.3, 0.4) is 0 Å². The molecule has 0 atom stereocenters. The number of anilines is 1. The van der Waals surface area contributed by atoms with E-state index in [2.05, 4.69) is 41.3 Å². The molecule has 5 nitrogen and oxygen atoms in total. The first-order chi connectivity index (χ1) is 18.9. The summed E-state index contributed by atoms with van der Waals surface area (Å²) in [7, 11) is 1.93. The third kappa shape index (κ3) is 6.79. The van der Waals surface area contributed by atoms with E-state index in [1.807, 2.05) is 92.3 Å². The summed E-state index contributed by atoms with van der Waals surface area (Å²) in [5.41, 5.74) is 7.98. The van der Waals surface area contributed by atoms with Crippen LogP contribution in [0.15, 0.2) is 85.7 Å². The molecule has 0 radical (unpaired) electrons. The van der Waals surface area contributed by atoms with Gasteiger partial charge in [0.25, 0.3) is 5.91 Å². The predicted molar refractivity (Wildman–Crippen MR) is 163 cm³/mol. The molecular formula is C33H37ClN4O. The maximum Gasteiger partial charge on any atom is 0.253 e. The number of rotatable bonds is 6. The maximum absolute atomic E-state index is 13.4. The maximum atomic E-state index is 13.4. The standard InChI is InChI=1S/C31H31ClN4O.C2H6/c1-21-4-5-27(18-30(21)34-22(2)23-10-12-29(32)13-11-23)31(37)36-16-14-26(15-17-36)24-6-8-25(9-7-24)28-19-33-35(3)20-28;1-2/h4-13,18-20,26,34H,2,14-17H2,1,3H3;1-2H3. The van der Waals surface area contributed by atoms with Crippen LogP contribution in [0.4, 0.5) is 5.69 Å². The number of nitrogens with one attached hydrogen (secondary N) is 1. The molecule has 1 aromatic heterocycles. The fourth-order valence-electron chi connectivity index (χ4n) is 4.89. The lowest BCUT2D eigenvalue weighted by Gasteiger charge is -2.32. The van der Waals surface area contributed by atoms with Gasteiger partial charge in [-0.05, 0) is 72.2 Å². The lowest BCUT2D eigenvalue weighted by Crippen LogP contribution is -2.37. The highest BCUT2D eigenvalue weighted by molar-refractivity contribution is 6.30. The van der Waals surface area contributed by atoms with E-state index >= 15 is 0 Å². The summed E-state index contributed by atoms with van der Waals surface area (Å²) in [6, 6.07) is 22.2. The molecule has 0 saturated carbocycles. The zero-order valence-corrected chi connectivity index (χ0v) is 24.0. The lowest BCUT2D eigenvalue weighted by atomic mass is 9.88. The second-order valence-electron chi connectivity index (χ2n) is 9.73. The van der Waals surface area contributed by atoms with Crippen molar-refractivity contribution in [3.8, 4) is 11.1 Å². The molecule has 3 aromatic carbocycles. The highest BCUT2D eigenvalue weighted by atomic mass is 35.5. The molecule has 1 saturated heterocycles. The Morgan fingerprint density at radius 1 is 0.949 bits per heavy atom. The summed E-state index contributed by atoms with van der Waals surface area (Å²) >= 11 is 6.01. The van der Waals surface area contributed by atoms with Gasteiger partial charge in [0.15, 0.2) is 0 Å². The molecule has 2 heterocycles. The summed E-state index contributed by atoms with van der Waals surface area (Å²) in [5, 5.41) is 8.33. The van der Waals surface area contributed by atoms with E-state index in [1.165, 1.54) is 11.1 Å². The Morgan fingerprint density at radius 2 is 1.59 bits per heavy atom. The topological polar surface area (TPSA) is 50.2 Å². The second-order valence-corrected chi connectivity index (χ2v) is 10.2. The Bertz CT molecular complexity index is 1420. The van der Waals surface area contributed by atoms with Crippen molar-refractivity contribution < 1.29 is 4.79 Å². The molecule has 4 aromatic rings. The monoisotopic (exact) mass is 540 g/mol. The van der Waals surface area contributed by atoms with Crippen molar-refractivity contribution in [1.29, 1.82) is 0 Å². The molecule has 5 rings (SSSR count). The Labute approximate surface area is 237 Å². The number of hydrogen-bond donors (Lipinski definition) is 1. The Kier molecular flexibility index (Phi) is 9.26. The van der Waals surface area contributed by atoms with Gasteiger partial charge in [-0.3, -0.25) is 9.48 Å². The van der Waals surface area contributed by atoms with Crippen LogP contribution >= 0.6 is 11.6 Å². The summed E-state index contributed by atoms with van der Waals surface area (Å²) in [6.07, 6.45) is 5.84. The first-order valence-electron chi connectivity index (χ1n) is 13.6. The zero-order valence-electron chi connectivity index (χ0n) is 23.2. The quantitative estimate of drug-likeness (QED) is 0.268. The van der Waals surface area contributed by atoms with Crippen molar-refractivity contribution in [2.24, 2.45) is 7.05 Å². The minimum absolute atomic E-state index is 0.0746. The fourth-order valence-corrected chi connectivity index (χ4v) is 5.02. The Hall–Kier alpha value is -3.83. The van der Waals surface area contributed by atoms with Gasteiger partial charge in [-0.1, -0.05) is 74.5 Å². The number of piperidine rings is 1. The number of aryl methyl sites for hydroxylation is 2. The molecule has 0 unspecified atom stereocenters. The average molecular weight is 541 g/mol. The highest BCUT2D eigenvalue weighted by Crippen LogP contribution is 2.31. The van der Waals surface area contributed by atoms with Gasteiger partial charge in [0.05, 0.1) is 6.20 Å². The number of likely N-dealkylation sites (tertiary alicyclic amines) is 1. The van der Waals surface area contributed by atoms with Crippen molar-refractivity contribution in [1.82, 2.24) is 14.7 Å². The summed E-state index contributed by atoms with van der Waals surface area (Å²) in [5.74, 6) is 0.537. The lowest BCUT2D eigenvalue weighted by molar-refractivity contribution is 0.0713. The minimum atomic E-state index is 0.0746. The normalized spacial score (nSPS) is 13.4. The number of carbonyl (C=O) groups excluding carboxylic acids is 1. The first kappa shape index (κ1) is 28.2. The molecule has 1 fully saturated rings. The zero-order chi connectivity index (χ0) is 27.9. The second kappa shape index (κ2) is 12.8. The molecule has 6 heteroatoms. The number of halogens is 1. The van der Waals surface area contributed by atoms with Crippen molar-refractivity contribution in [3.63, 3.8) is 0 Å². The van der Waals surface area contributed by atoms with Crippen molar-refractivity contribution in [2.45, 2.75) is 39.5 Å². The Morgan fingerprint density at radius 3 is 2.21 bits per heavy atom. The summed E-state index contributed by atoms with van der Waals surface area (Å²) in [6.45, 7) is 11.7. The van der Waals surface area contributed by atoms with Gasteiger partial charge >= 0.3 is 0 Å². The van der Waals surface area contributed by atoms with Crippen LogP contribution < -0.4 is 5.32 Å². The van der Waals surface area contributed by atoms with Crippen LogP contribution in [-0.4, -0.2) is 33.7 Å². The molecule has 1 aliphatic heterocycles. The van der Waals surface area contributed by atoms with Gasteiger partial charge in [0.1, 0.15) is 0 Å². The number of aromatic nitrogens is 2. The van der Waals surface area contributed by atoms with Gasteiger partial charge in [-0.25, -0.2) is 0 Å².